The van der Waals surface area contributed by atoms with E-state index in [9.17, 15) is 4.79 Å². The highest BCUT2D eigenvalue weighted by Gasteiger charge is 2.20. The molecule has 0 saturated heterocycles. The molecule has 0 saturated carbocycles. The summed E-state index contributed by atoms with van der Waals surface area (Å²) in [6.07, 6.45) is 0. The SMILES string of the molecule is O=C(Nc1ccc2c(c1)nc1n2CCN(c2ccccc2)C1)c1ccccc1Cl. The summed E-state index contributed by atoms with van der Waals surface area (Å²) < 4.78 is 2.26. The number of hydrogen-bond donors (Lipinski definition) is 1. The van der Waals surface area contributed by atoms with Gasteiger partial charge in [-0.1, -0.05) is 41.9 Å². The number of rotatable bonds is 3. The highest BCUT2D eigenvalue weighted by atomic mass is 35.5. The second-order valence-electron chi connectivity index (χ2n) is 7.07. The average Bonchev–Trinajstić information content (AvgIpc) is 3.11. The van der Waals surface area contributed by atoms with Crippen LogP contribution in [0.5, 0.6) is 0 Å². The maximum absolute atomic E-state index is 12.5. The highest BCUT2D eigenvalue weighted by Crippen LogP contribution is 2.27. The van der Waals surface area contributed by atoms with Gasteiger partial charge < -0.3 is 14.8 Å². The molecule has 144 valence electrons. The summed E-state index contributed by atoms with van der Waals surface area (Å²) in [5.41, 5.74) is 4.34. The molecule has 1 aliphatic rings. The van der Waals surface area contributed by atoms with Gasteiger partial charge in [-0.25, -0.2) is 4.98 Å². The number of nitrogens with zero attached hydrogens (tertiary/aromatic N) is 3. The molecule has 2 heterocycles. The number of nitrogens with one attached hydrogen (secondary N) is 1. The van der Waals surface area contributed by atoms with Crippen LogP contribution < -0.4 is 10.2 Å². The lowest BCUT2D eigenvalue weighted by molar-refractivity contribution is 0.102. The van der Waals surface area contributed by atoms with Gasteiger partial charge in [-0.05, 0) is 42.5 Å². The Morgan fingerprint density at radius 3 is 2.59 bits per heavy atom. The molecule has 0 fully saturated rings. The van der Waals surface area contributed by atoms with Crippen LogP contribution in [-0.4, -0.2) is 22.0 Å². The predicted molar refractivity (Wildman–Crippen MR) is 117 cm³/mol. The van der Waals surface area contributed by atoms with Gasteiger partial charge in [0.2, 0.25) is 0 Å². The van der Waals surface area contributed by atoms with E-state index in [1.54, 1.807) is 24.3 Å². The number of aromatic nitrogens is 2. The summed E-state index contributed by atoms with van der Waals surface area (Å²) >= 11 is 6.13. The first kappa shape index (κ1) is 17.8. The lowest BCUT2D eigenvalue weighted by Gasteiger charge is -2.29. The van der Waals surface area contributed by atoms with E-state index in [4.69, 9.17) is 16.6 Å². The van der Waals surface area contributed by atoms with Crippen molar-refractivity contribution in [1.82, 2.24) is 9.55 Å². The molecule has 1 N–H and O–H groups in total. The lowest BCUT2D eigenvalue weighted by atomic mass is 10.2. The number of halogens is 1. The zero-order valence-corrected chi connectivity index (χ0v) is 16.4. The first-order valence-corrected chi connectivity index (χ1v) is 9.92. The van der Waals surface area contributed by atoms with E-state index in [0.717, 1.165) is 36.5 Å². The minimum atomic E-state index is -0.228. The maximum Gasteiger partial charge on any atom is 0.257 e. The third kappa shape index (κ3) is 3.34. The van der Waals surface area contributed by atoms with E-state index < -0.39 is 0 Å². The number of anilines is 2. The van der Waals surface area contributed by atoms with Gasteiger partial charge in [0.25, 0.3) is 5.91 Å². The molecule has 1 aromatic heterocycles. The lowest BCUT2D eigenvalue weighted by Crippen LogP contribution is -2.33. The van der Waals surface area contributed by atoms with Gasteiger partial charge >= 0.3 is 0 Å². The minimum absolute atomic E-state index is 0.228. The van der Waals surface area contributed by atoms with Gasteiger partial charge in [-0.15, -0.1) is 0 Å². The molecular weight excluding hydrogens is 384 g/mol. The van der Waals surface area contributed by atoms with Crippen LogP contribution in [0.25, 0.3) is 11.0 Å². The van der Waals surface area contributed by atoms with Crippen LogP contribution >= 0.6 is 11.6 Å². The Balaban J connectivity index is 1.41. The Kier molecular flexibility index (Phi) is 4.45. The first-order chi connectivity index (χ1) is 14.2. The fourth-order valence-electron chi connectivity index (χ4n) is 3.80. The zero-order chi connectivity index (χ0) is 19.8. The van der Waals surface area contributed by atoms with Crippen LogP contribution in [0.2, 0.25) is 5.02 Å². The quantitative estimate of drug-likeness (QED) is 0.526. The van der Waals surface area contributed by atoms with Gasteiger partial charge in [-0.3, -0.25) is 4.79 Å². The van der Waals surface area contributed by atoms with Crippen molar-refractivity contribution in [2.24, 2.45) is 0 Å². The third-order valence-corrected chi connectivity index (χ3v) is 5.58. The minimum Gasteiger partial charge on any atom is -0.362 e. The molecule has 0 unspecified atom stereocenters. The molecule has 1 amide bonds. The standard InChI is InChI=1S/C23H19ClN4O/c24-19-9-5-4-8-18(19)23(29)25-16-10-11-21-20(14-16)26-22-15-27(12-13-28(21)22)17-6-2-1-3-7-17/h1-11,14H,12-13,15H2,(H,25,29). The molecular formula is C23H19ClN4O. The molecule has 1 aliphatic heterocycles. The van der Waals surface area contributed by atoms with Crippen molar-refractivity contribution in [3.8, 4) is 0 Å². The number of hydrogen-bond acceptors (Lipinski definition) is 3. The smallest absolute Gasteiger partial charge is 0.257 e. The molecule has 0 aliphatic carbocycles. The summed E-state index contributed by atoms with van der Waals surface area (Å²) in [4.78, 5) is 19.7. The molecule has 5 rings (SSSR count). The maximum atomic E-state index is 12.5. The largest absolute Gasteiger partial charge is 0.362 e. The fraction of sp³-hybridized carbons (Fsp3) is 0.130. The molecule has 3 aromatic carbocycles. The van der Waals surface area contributed by atoms with Crippen molar-refractivity contribution in [2.75, 3.05) is 16.8 Å². The van der Waals surface area contributed by atoms with E-state index >= 15 is 0 Å². The van der Waals surface area contributed by atoms with Crippen molar-refractivity contribution < 1.29 is 4.79 Å². The summed E-state index contributed by atoms with van der Waals surface area (Å²) in [7, 11) is 0. The van der Waals surface area contributed by atoms with E-state index in [1.165, 1.54) is 5.69 Å². The Morgan fingerprint density at radius 1 is 0.966 bits per heavy atom. The van der Waals surface area contributed by atoms with Gasteiger partial charge in [-0.2, -0.15) is 0 Å². The van der Waals surface area contributed by atoms with Crippen molar-refractivity contribution >= 4 is 39.9 Å². The van der Waals surface area contributed by atoms with Crippen LogP contribution in [0.4, 0.5) is 11.4 Å². The predicted octanol–water partition coefficient (Wildman–Crippen LogP) is 4.96. The number of benzene rings is 3. The number of para-hydroxylation sites is 1. The summed E-state index contributed by atoms with van der Waals surface area (Å²) in [6.45, 7) is 2.58. The van der Waals surface area contributed by atoms with E-state index in [-0.39, 0.29) is 5.91 Å². The number of imidazole rings is 1. The number of carbonyl (C=O) groups is 1. The van der Waals surface area contributed by atoms with E-state index in [0.29, 0.717) is 16.3 Å². The average molecular weight is 403 g/mol. The Labute approximate surface area is 173 Å². The first-order valence-electron chi connectivity index (χ1n) is 9.54. The molecule has 0 radical (unpaired) electrons. The van der Waals surface area contributed by atoms with Crippen LogP contribution in [0.15, 0.2) is 72.8 Å². The normalized spacial score (nSPS) is 13.3. The molecule has 6 heteroatoms. The molecule has 0 atom stereocenters. The number of carbonyl (C=O) groups excluding carboxylic acids is 1. The Hall–Kier alpha value is -3.31. The monoisotopic (exact) mass is 402 g/mol. The van der Waals surface area contributed by atoms with Crippen LogP contribution in [0, 0.1) is 0 Å². The zero-order valence-electron chi connectivity index (χ0n) is 15.7. The number of amides is 1. The van der Waals surface area contributed by atoms with Crippen LogP contribution in [0.1, 0.15) is 16.2 Å². The molecule has 5 nitrogen and oxygen atoms in total. The second kappa shape index (κ2) is 7.26. The number of fused-ring (bicyclic) bond motifs is 3. The van der Waals surface area contributed by atoms with E-state index in [2.05, 4.69) is 39.0 Å². The summed E-state index contributed by atoms with van der Waals surface area (Å²) in [5, 5.41) is 3.36. The van der Waals surface area contributed by atoms with Crippen molar-refractivity contribution in [2.45, 2.75) is 13.1 Å². The Bertz CT molecular complexity index is 1200. The van der Waals surface area contributed by atoms with Gasteiger partial charge in [0, 0.05) is 24.5 Å². The molecule has 0 bridgehead atoms. The van der Waals surface area contributed by atoms with Crippen molar-refractivity contribution in [1.29, 1.82) is 0 Å². The highest BCUT2D eigenvalue weighted by molar-refractivity contribution is 6.34. The van der Waals surface area contributed by atoms with Crippen molar-refractivity contribution in [3.05, 3.63) is 89.2 Å². The van der Waals surface area contributed by atoms with E-state index in [1.807, 2.05) is 24.3 Å². The molecule has 29 heavy (non-hydrogen) atoms. The van der Waals surface area contributed by atoms with Gasteiger partial charge in [0.1, 0.15) is 5.82 Å². The fourth-order valence-corrected chi connectivity index (χ4v) is 4.02. The molecule has 4 aromatic rings. The van der Waals surface area contributed by atoms with Crippen molar-refractivity contribution in [3.63, 3.8) is 0 Å². The second-order valence-corrected chi connectivity index (χ2v) is 7.48. The molecule has 0 spiro atoms. The van der Waals surface area contributed by atoms with Crippen LogP contribution in [-0.2, 0) is 13.1 Å². The van der Waals surface area contributed by atoms with Gasteiger partial charge in [0.15, 0.2) is 0 Å². The van der Waals surface area contributed by atoms with Gasteiger partial charge in [0.05, 0.1) is 28.2 Å². The topological polar surface area (TPSA) is 50.2 Å². The van der Waals surface area contributed by atoms with Crippen LogP contribution in [0.3, 0.4) is 0 Å². The Morgan fingerprint density at radius 2 is 1.76 bits per heavy atom. The third-order valence-electron chi connectivity index (χ3n) is 5.25. The summed E-state index contributed by atoms with van der Waals surface area (Å²) in [5.74, 6) is 0.804. The summed E-state index contributed by atoms with van der Waals surface area (Å²) in [6, 6.07) is 23.3.